The van der Waals surface area contributed by atoms with Gasteiger partial charge in [0.25, 0.3) is 0 Å². The molecule has 0 saturated heterocycles. The van der Waals surface area contributed by atoms with Crippen LogP contribution in [0.4, 0.5) is 8.78 Å². The van der Waals surface area contributed by atoms with Crippen molar-refractivity contribution in [3.8, 4) is 22.1 Å². The van der Waals surface area contributed by atoms with Crippen LogP contribution < -0.4 is 4.74 Å². The molecular formula is C18H11F2N3O2S. The molecule has 2 aromatic carbocycles. The number of rotatable bonds is 4. The molecule has 0 spiro atoms. The van der Waals surface area contributed by atoms with Crippen molar-refractivity contribution >= 4 is 27.8 Å². The van der Waals surface area contributed by atoms with Crippen LogP contribution in [0.5, 0.6) is 5.75 Å². The normalized spacial score (nSPS) is 11.0. The van der Waals surface area contributed by atoms with Crippen molar-refractivity contribution in [1.29, 1.82) is 0 Å². The molecule has 2 aromatic heterocycles. The summed E-state index contributed by atoms with van der Waals surface area (Å²) in [5.41, 5.74) is 1.13. The Morgan fingerprint density at radius 3 is 2.77 bits per heavy atom. The smallest absolute Gasteiger partial charge is 0.211 e. The lowest BCUT2D eigenvalue weighted by atomic mass is 10.1. The number of nitrogens with zero attached hydrogens (tertiary/aromatic N) is 3. The summed E-state index contributed by atoms with van der Waals surface area (Å²) in [5, 5.41) is 4.81. The van der Waals surface area contributed by atoms with Crippen LogP contribution in [0.2, 0.25) is 0 Å². The second-order valence-corrected chi connectivity index (χ2v) is 6.46. The number of methoxy groups -OCH3 is 1. The largest absolute Gasteiger partial charge is 0.497 e. The second kappa shape index (κ2) is 6.30. The molecule has 0 fully saturated rings. The van der Waals surface area contributed by atoms with E-state index in [2.05, 4.69) is 10.1 Å². The molecule has 8 heteroatoms. The number of fused-ring (bicyclic) bond motifs is 1. The molecule has 4 aromatic rings. The monoisotopic (exact) mass is 371 g/mol. The summed E-state index contributed by atoms with van der Waals surface area (Å²) >= 11 is 1.35. The molecule has 130 valence electrons. The van der Waals surface area contributed by atoms with Gasteiger partial charge in [0.2, 0.25) is 5.13 Å². The minimum Gasteiger partial charge on any atom is -0.497 e. The quantitative estimate of drug-likeness (QED) is 0.503. The summed E-state index contributed by atoms with van der Waals surface area (Å²) in [6, 6.07) is 8.60. The van der Waals surface area contributed by atoms with Gasteiger partial charge in [-0.3, -0.25) is 4.79 Å². The maximum absolute atomic E-state index is 14.1. The number of hydrogen-bond donors (Lipinski definition) is 0. The molecule has 2 heterocycles. The van der Waals surface area contributed by atoms with Gasteiger partial charge < -0.3 is 4.74 Å². The van der Waals surface area contributed by atoms with Gasteiger partial charge in [0.05, 0.1) is 22.9 Å². The van der Waals surface area contributed by atoms with Gasteiger partial charge in [-0.1, -0.05) is 11.3 Å². The van der Waals surface area contributed by atoms with Crippen LogP contribution >= 0.6 is 11.3 Å². The Labute approximate surface area is 150 Å². The fourth-order valence-corrected chi connectivity index (χ4v) is 3.50. The van der Waals surface area contributed by atoms with Crippen LogP contribution in [-0.4, -0.2) is 28.2 Å². The van der Waals surface area contributed by atoms with Gasteiger partial charge in [-0.25, -0.2) is 18.4 Å². The topological polar surface area (TPSA) is 57.0 Å². The number of hydrogen-bond acceptors (Lipinski definition) is 5. The first kappa shape index (κ1) is 16.3. The Morgan fingerprint density at radius 2 is 2.04 bits per heavy atom. The van der Waals surface area contributed by atoms with Crippen LogP contribution in [-0.2, 0) is 0 Å². The van der Waals surface area contributed by atoms with E-state index in [9.17, 15) is 13.6 Å². The Bertz CT molecular complexity index is 1140. The van der Waals surface area contributed by atoms with Gasteiger partial charge in [-0.15, -0.1) is 0 Å². The molecule has 0 bridgehead atoms. The van der Waals surface area contributed by atoms with Crippen LogP contribution in [0.15, 0.2) is 42.6 Å². The average Bonchev–Trinajstić information content (AvgIpc) is 3.24. The molecule has 0 N–H and O–H groups in total. The van der Waals surface area contributed by atoms with E-state index in [1.165, 1.54) is 28.3 Å². The Balaban J connectivity index is 1.83. The zero-order valence-electron chi connectivity index (χ0n) is 13.4. The van der Waals surface area contributed by atoms with E-state index in [-0.39, 0.29) is 16.8 Å². The van der Waals surface area contributed by atoms with Crippen LogP contribution in [0.1, 0.15) is 10.4 Å². The second-order valence-electron chi connectivity index (χ2n) is 5.45. The maximum atomic E-state index is 14.1. The Hall–Kier alpha value is -3.13. The Kier molecular flexibility index (Phi) is 3.96. The van der Waals surface area contributed by atoms with Crippen LogP contribution in [0, 0.1) is 11.6 Å². The van der Waals surface area contributed by atoms with Gasteiger partial charge in [-0.2, -0.15) is 5.10 Å². The number of thiazole rings is 1. The standard InChI is InChI=1S/C18H11F2N3O2S/c1-25-12-3-5-15-16(7-12)26-18(21-15)23-8-10(9-24)17(22-23)13-4-2-11(19)6-14(13)20/h2-9H,1H3. The Morgan fingerprint density at radius 1 is 1.19 bits per heavy atom. The van der Waals surface area contributed by atoms with Gasteiger partial charge in [0, 0.05) is 17.8 Å². The zero-order valence-corrected chi connectivity index (χ0v) is 14.3. The molecule has 4 rings (SSSR count). The predicted molar refractivity (Wildman–Crippen MR) is 94.0 cm³/mol. The van der Waals surface area contributed by atoms with Crippen LogP contribution in [0.3, 0.4) is 0 Å². The number of halogens is 2. The molecule has 0 aliphatic heterocycles. The highest BCUT2D eigenvalue weighted by atomic mass is 32.1. The summed E-state index contributed by atoms with van der Waals surface area (Å²) in [5.74, 6) is -0.776. The highest BCUT2D eigenvalue weighted by Gasteiger charge is 2.17. The van der Waals surface area contributed by atoms with E-state index in [0.717, 1.165) is 22.3 Å². The summed E-state index contributed by atoms with van der Waals surface area (Å²) < 4.78 is 34.7. The number of aldehydes is 1. The first-order valence-electron chi connectivity index (χ1n) is 7.54. The van der Waals surface area contributed by atoms with E-state index >= 15 is 0 Å². The molecule has 0 amide bonds. The van der Waals surface area contributed by atoms with Crippen molar-refractivity contribution in [2.45, 2.75) is 0 Å². The molecule has 0 saturated carbocycles. The highest BCUT2D eigenvalue weighted by molar-refractivity contribution is 7.20. The van der Waals surface area contributed by atoms with E-state index in [1.807, 2.05) is 12.1 Å². The first-order valence-corrected chi connectivity index (χ1v) is 8.36. The molecule has 5 nitrogen and oxygen atoms in total. The van der Waals surface area contributed by atoms with E-state index in [0.29, 0.717) is 17.2 Å². The molecule has 0 aliphatic rings. The third-order valence-electron chi connectivity index (χ3n) is 3.84. The van der Waals surface area contributed by atoms with Crippen molar-refractivity contribution in [3.05, 3.63) is 59.8 Å². The summed E-state index contributed by atoms with van der Waals surface area (Å²) in [7, 11) is 1.58. The third-order valence-corrected chi connectivity index (χ3v) is 4.84. The SMILES string of the molecule is COc1ccc2nc(-n3cc(C=O)c(-c4ccc(F)cc4F)n3)sc2c1. The molecule has 0 aliphatic carbocycles. The first-order chi connectivity index (χ1) is 12.6. The fourth-order valence-electron chi connectivity index (χ4n) is 2.58. The lowest BCUT2D eigenvalue weighted by molar-refractivity contribution is 0.112. The molecular weight excluding hydrogens is 360 g/mol. The van der Waals surface area contributed by atoms with Crippen LogP contribution in [0.25, 0.3) is 26.6 Å². The summed E-state index contributed by atoms with van der Waals surface area (Å²) in [6.45, 7) is 0. The lowest BCUT2D eigenvalue weighted by Gasteiger charge is -2.00. The summed E-state index contributed by atoms with van der Waals surface area (Å²) in [6.07, 6.45) is 2.05. The van der Waals surface area contributed by atoms with Crippen molar-refractivity contribution in [2.24, 2.45) is 0 Å². The van der Waals surface area contributed by atoms with E-state index < -0.39 is 11.6 Å². The van der Waals surface area contributed by atoms with Crippen molar-refractivity contribution in [2.75, 3.05) is 7.11 Å². The third kappa shape index (κ3) is 2.74. The number of aromatic nitrogens is 3. The summed E-state index contributed by atoms with van der Waals surface area (Å²) in [4.78, 5) is 15.9. The van der Waals surface area contributed by atoms with Gasteiger partial charge in [0.15, 0.2) is 6.29 Å². The van der Waals surface area contributed by atoms with E-state index in [4.69, 9.17) is 4.74 Å². The number of carbonyl (C=O) groups is 1. The van der Waals surface area contributed by atoms with Crippen molar-refractivity contribution < 1.29 is 18.3 Å². The van der Waals surface area contributed by atoms with Crippen molar-refractivity contribution in [3.63, 3.8) is 0 Å². The average molecular weight is 371 g/mol. The van der Waals surface area contributed by atoms with Gasteiger partial charge >= 0.3 is 0 Å². The van der Waals surface area contributed by atoms with Gasteiger partial charge in [-0.05, 0) is 30.3 Å². The van der Waals surface area contributed by atoms with Crippen molar-refractivity contribution in [1.82, 2.24) is 14.8 Å². The minimum atomic E-state index is -0.785. The minimum absolute atomic E-state index is 0.0510. The number of carbonyl (C=O) groups excluding carboxylic acids is 1. The molecule has 0 atom stereocenters. The predicted octanol–water partition coefficient (Wildman–Crippen LogP) is 4.25. The number of benzene rings is 2. The van der Waals surface area contributed by atoms with Gasteiger partial charge in [0.1, 0.15) is 23.1 Å². The molecule has 0 radical (unpaired) electrons. The fraction of sp³-hybridized carbons (Fsp3) is 0.0556. The number of ether oxygens (including phenoxy) is 1. The highest BCUT2D eigenvalue weighted by Crippen LogP contribution is 2.30. The zero-order chi connectivity index (χ0) is 18.3. The lowest BCUT2D eigenvalue weighted by Crippen LogP contribution is -1.94. The van der Waals surface area contributed by atoms with E-state index in [1.54, 1.807) is 13.2 Å². The molecule has 0 unspecified atom stereocenters. The molecule has 26 heavy (non-hydrogen) atoms. The maximum Gasteiger partial charge on any atom is 0.211 e.